The SMILES string of the molecule is COc1ccc(N2CCCn3c2nc2c(Cl)ccc(C4(C5CC5)CCCCN4C(=O)N=NC(=O)N4CCCCC4)c23)c(C)n1. The molecular formula is C32H39ClN8O3. The summed E-state index contributed by atoms with van der Waals surface area (Å²) >= 11 is 6.87. The summed E-state index contributed by atoms with van der Waals surface area (Å²) in [6, 6.07) is 7.06. The number of pyridine rings is 1. The lowest BCUT2D eigenvalue weighted by molar-refractivity contribution is 0.0603. The summed E-state index contributed by atoms with van der Waals surface area (Å²) < 4.78 is 7.62. The average Bonchev–Trinajstić information content (AvgIpc) is 3.84. The second-order valence-corrected chi connectivity index (χ2v) is 12.8. The van der Waals surface area contributed by atoms with E-state index in [4.69, 9.17) is 21.3 Å². The molecule has 3 aromatic rings. The van der Waals surface area contributed by atoms with Crippen LogP contribution in [0, 0.1) is 12.8 Å². The van der Waals surface area contributed by atoms with E-state index in [9.17, 15) is 9.59 Å². The highest BCUT2D eigenvalue weighted by Gasteiger charge is 2.54. The maximum Gasteiger partial charge on any atom is 0.363 e. The summed E-state index contributed by atoms with van der Waals surface area (Å²) in [7, 11) is 1.62. The maximum absolute atomic E-state index is 13.9. The van der Waals surface area contributed by atoms with Gasteiger partial charge in [-0.1, -0.05) is 27.9 Å². The minimum Gasteiger partial charge on any atom is -0.481 e. The number of aromatic nitrogens is 3. The van der Waals surface area contributed by atoms with Gasteiger partial charge in [0.25, 0.3) is 0 Å². The second kappa shape index (κ2) is 11.6. The molecule has 5 heterocycles. The van der Waals surface area contributed by atoms with Gasteiger partial charge in [0.2, 0.25) is 11.8 Å². The molecule has 1 unspecified atom stereocenters. The second-order valence-electron chi connectivity index (χ2n) is 12.4. The quantitative estimate of drug-likeness (QED) is 0.286. The number of urea groups is 2. The Morgan fingerprint density at radius 1 is 0.909 bits per heavy atom. The number of halogens is 1. The van der Waals surface area contributed by atoms with E-state index in [1.807, 2.05) is 30.0 Å². The van der Waals surface area contributed by atoms with Gasteiger partial charge in [0.05, 0.1) is 34.6 Å². The van der Waals surface area contributed by atoms with Crippen LogP contribution < -0.4 is 9.64 Å². The number of imidazole rings is 1. The Balaban J connectivity index is 1.31. The number of likely N-dealkylation sites (tertiary alicyclic amines) is 2. The van der Waals surface area contributed by atoms with Crippen molar-refractivity contribution in [3.05, 3.63) is 40.5 Å². The van der Waals surface area contributed by atoms with Gasteiger partial charge in [0.1, 0.15) is 5.52 Å². The summed E-state index contributed by atoms with van der Waals surface area (Å²) in [5.74, 6) is 1.69. The molecule has 12 heteroatoms. The zero-order valence-electron chi connectivity index (χ0n) is 25.5. The number of aryl methyl sites for hydroxylation is 2. The molecule has 1 atom stereocenters. The minimum atomic E-state index is -0.567. The third kappa shape index (κ3) is 4.89. The van der Waals surface area contributed by atoms with E-state index in [1.165, 1.54) is 0 Å². The monoisotopic (exact) mass is 618 g/mol. The van der Waals surface area contributed by atoms with Gasteiger partial charge in [-0.15, -0.1) is 0 Å². The largest absolute Gasteiger partial charge is 0.481 e. The van der Waals surface area contributed by atoms with Crippen molar-refractivity contribution < 1.29 is 14.3 Å². The molecule has 11 nitrogen and oxygen atoms in total. The van der Waals surface area contributed by atoms with Crippen molar-refractivity contribution in [3.63, 3.8) is 0 Å². The first kappa shape index (κ1) is 29.0. The number of carbonyl (C=O) groups excluding carboxylic acids is 2. The molecule has 0 bridgehead atoms. The van der Waals surface area contributed by atoms with Crippen LogP contribution in [0.3, 0.4) is 0 Å². The number of anilines is 2. The van der Waals surface area contributed by atoms with Gasteiger partial charge in [-0.3, -0.25) is 0 Å². The van der Waals surface area contributed by atoms with Crippen molar-refractivity contribution in [2.75, 3.05) is 38.2 Å². The summed E-state index contributed by atoms with van der Waals surface area (Å²) in [6.45, 7) is 5.47. The summed E-state index contributed by atoms with van der Waals surface area (Å²) in [4.78, 5) is 42.2. The van der Waals surface area contributed by atoms with E-state index in [0.29, 0.717) is 36.5 Å². The van der Waals surface area contributed by atoms with Gasteiger partial charge in [-0.25, -0.2) is 19.6 Å². The fourth-order valence-corrected chi connectivity index (χ4v) is 7.84. The first-order valence-corrected chi connectivity index (χ1v) is 16.3. The first-order chi connectivity index (χ1) is 21.4. The average molecular weight is 619 g/mol. The van der Waals surface area contributed by atoms with Crippen molar-refractivity contribution in [2.24, 2.45) is 16.1 Å². The number of rotatable bonds is 4. The lowest BCUT2D eigenvalue weighted by Gasteiger charge is -2.47. The zero-order valence-corrected chi connectivity index (χ0v) is 26.2. The van der Waals surface area contributed by atoms with E-state index in [-0.39, 0.29) is 0 Å². The third-order valence-corrected chi connectivity index (χ3v) is 10.1. The number of carbonyl (C=O) groups is 2. The molecule has 0 spiro atoms. The van der Waals surface area contributed by atoms with Crippen LogP contribution in [0.15, 0.2) is 34.5 Å². The van der Waals surface area contributed by atoms with Crippen LogP contribution in [0.2, 0.25) is 5.02 Å². The molecule has 4 amide bonds. The molecular weight excluding hydrogens is 580 g/mol. The minimum absolute atomic E-state index is 0.294. The normalized spacial score (nSPS) is 22.5. The first-order valence-electron chi connectivity index (χ1n) is 15.9. The molecule has 4 aliphatic rings. The van der Waals surface area contributed by atoms with E-state index in [0.717, 1.165) is 105 Å². The van der Waals surface area contributed by atoms with Gasteiger partial charge in [0.15, 0.2) is 0 Å². The Bertz CT molecular complexity index is 1630. The molecule has 2 saturated heterocycles. The molecule has 1 aromatic carbocycles. The lowest BCUT2D eigenvalue weighted by Crippen LogP contribution is -2.53. The number of hydrogen-bond donors (Lipinski definition) is 0. The predicted octanol–water partition coefficient (Wildman–Crippen LogP) is 7.21. The summed E-state index contributed by atoms with van der Waals surface area (Å²) in [5.41, 5.74) is 4.05. The molecule has 0 radical (unpaired) electrons. The number of nitrogens with zero attached hydrogens (tertiary/aromatic N) is 8. The number of amides is 4. The Hall–Kier alpha value is -3.73. The van der Waals surface area contributed by atoms with Crippen molar-refractivity contribution >= 4 is 46.3 Å². The number of hydrogen-bond acceptors (Lipinski definition) is 6. The van der Waals surface area contributed by atoms with Crippen LogP contribution in [-0.4, -0.2) is 69.7 Å². The Morgan fingerprint density at radius 3 is 2.43 bits per heavy atom. The highest BCUT2D eigenvalue weighted by Crippen LogP contribution is 2.56. The molecule has 0 N–H and O–H groups in total. The fraction of sp³-hybridized carbons (Fsp3) is 0.562. The molecule has 7 rings (SSSR count). The van der Waals surface area contributed by atoms with Gasteiger partial charge >= 0.3 is 12.1 Å². The number of benzene rings is 1. The summed E-state index contributed by atoms with van der Waals surface area (Å²) in [6.07, 6.45) is 8.71. The van der Waals surface area contributed by atoms with Crippen molar-refractivity contribution in [1.82, 2.24) is 24.3 Å². The standard InChI is InChI=1S/C32H39ClN8O3/c1-21-25(13-14-26(34-21)44-2)39-18-8-19-40-28-23(11-12-24(33)27(28)35-29(39)40)32(22-9-10-22)15-4-7-20-41(32)31(43)37-36-30(42)38-16-5-3-6-17-38/h11-14,22H,3-10,15-20H2,1-2H3. The van der Waals surface area contributed by atoms with Crippen LogP contribution >= 0.6 is 11.6 Å². The van der Waals surface area contributed by atoms with Gasteiger partial charge in [0, 0.05) is 44.4 Å². The van der Waals surface area contributed by atoms with Gasteiger partial charge in [-0.2, -0.15) is 0 Å². The highest BCUT2D eigenvalue weighted by atomic mass is 35.5. The number of piperidine rings is 2. The van der Waals surface area contributed by atoms with Crippen molar-refractivity contribution in [2.45, 2.75) is 76.8 Å². The Labute approximate surface area is 262 Å². The number of methoxy groups -OCH3 is 1. The molecule has 1 saturated carbocycles. The number of azo groups is 1. The van der Waals surface area contributed by atoms with Gasteiger partial charge in [-0.05, 0) is 82.8 Å². The van der Waals surface area contributed by atoms with Crippen molar-refractivity contribution in [3.8, 4) is 5.88 Å². The smallest absolute Gasteiger partial charge is 0.363 e. The molecule has 3 fully saturated rings. The van der Waals surface area contributed by atoms with Crippen LogP contribution in [0.25, 0.3) is 11.0 Å². The molecule has 1 aliphatic carbocycles. The Morgan fingerprint density at radius 2 is 1.68 bits per heavy atom. The van der Waals surface area contributed by atoms with E-state index < -0.39 is 17.6 Å². The molecule has 3 aliphatic heterocycles. The topological polar surface area (TPSA) is 109 Å². The third-order valence-electron chi connectivity index (χ3n) is 9.83. The molecule has 44 heavy (non-hydrogen) atoms. The highest BCUT2D eigenvalue weighted by molar-refractivity contribution is 6.35. The number of ether oxygens (including phenoxy) is 1. The van der Waals surface area contributed by atoms with E-state index >= 15 is 0 Å². The predicted molar refractivity (Wildman–Crippen MR) is 168 cm³/mol. The zero-order chi connectivity index (χ0) is 30.4. The van der Waals surface area contributed by atoms with Crippen LogP contribution in [0.1, 0.15) is 69.0 Å². The van der Waals surface area contributed by atoms with Crippen LogP contribution in [0.4, 0.5) is 21.2 Å². The van der Waals surface area contributed by atoms with Crippen molar-refractivity contribution in [1.29, 1.82) is 0 Å². The van der Waals surface area contributed by atoms with E-state index in [1.54, 1.807) is 12.0 Å². The lowest BCUT2D eigenvalue weighted by atomic mass is 9.76. The van der Waals surface area contributed by atoms with E-state index in [2.05, 4.69) is 30.7 Å². The van der Waals surface area contributed by atoms with Gasteiger partial charge < -0.3 is 24.0 Å². The number of fused-ring (bicyclic) bond motifs is 3. The maximum atomic E-state index is 13.9. The molecule has 2 aromatic heterocycles. The molecule has 232 valence electrons. The van der Waals surface area contributed by atoms with Crippen LogP contribution in [0.5, 0.6) is 5.88 Å². The van der Waals surface area contributed by atoms with Crippen LogP contribution in [-0.2, 0) is 12.1 Å². The Kier molecular flexibility index (Phi) is 7.68. The summed E-state index contributed by atoms with van der Waals surface area (Å²) in [5, 5.41) is 8.56. The fourth-order valence-electron chi connectivity index (χ4n) is 7.65.